The second-order valence-electron chi connectivity index (χ2n) is 1.76. The summed E-state index contributed by atoms with van der Waals surface area (Å²) in [5.41, 5.74) is -0.469. The summed E-state index contributed by atoms with van der Waals surface area (Å²) in [4.78, 5) is 12.6. The summed E-state index contributed by atoms with van der Waals surface area (Å²) in [5, 5.41) is 0. The quantitative estimate of drug-likeness (QED) is 0.776. The van der Waals surface area contributed by atoms with Gasteiger partial charge in [0, 0.05) is 6.07 Å². The van der Waals surface area contributed by atoms with Crippen LogP contribution in [-0.2, 0) is 0 Å². The SMILES string of the molecule is CC.O=c1cccc(OC(F)F)[nH]1. The maximum absolute atomic E-state index is 11.5. The molecule has 1 rings (SSSR count). The summed E-state index contributed by atoms with van der Waals surface area (Å²) >= 11 is 0. The molecule has 0 fully saturated rings. The van der Waals surface area contributed by atoms with Crippen molar-refractivity contribution in [1.29, 1.82) is 0 Å². The van der Waals surface area contributed by atoms with Crippen LogP contribution in [-0.4, -0.2) is 11.6 Å². The fraction of sp³-hybridized carbons (Fsp3) is 0.375. The smallest absolute Gasteiger partial charge is 0.388 e. The van der Waals surface area contributed by atoms with Gasteiger partial charge in [-0.15, -0.1) is 0 Å². The minimum Gasteiger partial charge on any atom is -0.419 e. The van der Waals surface area contributed by atoms with Crippen LogP contribution in [0.4, 0.5) is 8.78 Å². The van der Waals surface area contributed by atoms with Crippen molar-refractivity contribution in [2.24, 2.45) is 0 Å². The number of alkyl halides is 2. The summed E-state index contributed by atoms with van der Waals surface area (Å²) in [6.07, 6.45) is 0. The standard InChI is InChI=1S/C6H5F2NO2.C2H6/c7-6(8)11-5-3-1-2-4(10)9-5;1-2/h1-3,6H,(H,9,10);1-2H3. The zero-order valence-corrected chi connectivity index (χ0v) is 7.38. The van der Waals surface area contributed by atoms with Crippen molar-refractivity contribution < 1.29 is 13.5 Å². The predicted molar refractivity (Wildman–Crippen MR) is 45.0 cm³/mol. The molecule has 0 aromatic carbocycles. The van der Waals surface area contributed by atoms with Gasteiger partial charge in [-0.05, 0) is 6.07 Å². The maximum atomic E-state index is 11.5. The minimum atomic E-state index is -2.91. The first-order valence-electron chi connectivity index (χ1n) is 3.82. The number of hydrogen-bond acceptors (Lipinski definition) is 2. The number of rotatable bonds is 2. The summed E-state index contributed by atoms with van der Waals surface area (Å²) in [5.74, 6) is -0.229. The highest BCUT2D eigenvalue weighted by Gasteiger charge is 2.02. The Kier molecular flexibility index (Phi) is 5.50. The third kappa shape index (κ3) is 4.95. The third-order valence-electron chi connectivity index (χ3n) is 0.958. The predicted octanol–water partition coefficient (Wildman–Crippen LogP) is 2.00. The number of pyridine rings is 1. The lowest BCUT2D eigenvalue weighted by Crippen LogP contribution is -2.09. The molecule has 0 saturated heterocycles. The van der Waals surface area contributed by atoms with Gasteiger partial charge in [0.15, 0.2) is 5.88 Å². The Morgan fingerprint density at radius 3 is 2.46 bits per heavy atom. The van der Waals surface area contributed by atoms with Gasteiger partial charge in [0.05, 0.1) is 0 Å². The molecule has 1 heterocycles. The van der Waals surface area contributed by atoms with E-state index in [1.807, 2.05) is 13.8 Å². The van der Waals surface area contributed by atoms with Crippen molar-refractivity contribution >= 4 is 0 Å². The molecule has 0 spiro atoms. The van der Waals surface area contributed by atoms with E-state index in [-0.39, 0.29) is 5.88 Å². The van der Waals surface area contributed by atoms with E-state index in [4.69, 9.17) is 0 Å². The molecule has 0 unspecified atom stereocenters. The molecule has 1 aromatic rings. The van der Waals surface area contributed by atoms with E-state index in [1.54, 1.807) is 0 Å². The normalized spacial score (nSPS) is 9.00. The van der Waals surface area contributed by atoms with E-state index in [0.29, 0.717) is 0 Å². The first kappa shape index (κ1) is 11.6. The summed E-state index contributed by atoms with van der Waals surface area (Å²) < 4.78 is 26.9. The number of aromatic nitrogens is 1. The zero-order valence-electron chi connectivity index (χ0n) is 7.38. The third-order valence-corrected chi connectivity index (χ3v) is 0.958. The van der Waals surface area contributed by atoms with E-state index in [1.165, 1.54) is 18.2 Å². The topological polar surface area (TPSA) is 42.1 Å². The Labute approximate surface area is 74.4 Å². The Hall–Kier alpha value is -1.39. The highest BCUT2D eigenvalue weighted by atomic mass is 19.3. The van der Waals surface area contributed by atoms with E-state index in [9.17, 15) is 13.6 Å². The number of hydrogen-bond donors (Lipinski definition) is 1. The lowest BCUT2D eigenvalue weighted by molar-refractivity contribution is -0.0529. The summed E-state index contributed by atoms with van der Waals surface area (Å²) in [6.45, 7) is 1.09. The lowest BCUT2D eigenvalue weighted by Gasteiger charge is -2.01. The van der Waals surface area contributed by atoms with Gasteiger partial charge in [0.25, 0.3) is 5.56 Å². The molecule has 0 aliphatic rings. The molecule has 13 heavy (non-hydrogen) atoms. The average molecular weight is 191 g/mol. The van der Waals surface area contributed by atoms with Crippen molar-refractivity contribution in [3.05, 3.63) is 28.6 Å². The van der Waals surface area contributed by atoms with E-state index in [2.05, 4.69) is 9.72 Å². The largest absolute Gasteiger partial charge is 0.419 e. The van der Waals surface area contributed by atoms with Gasteiger partial charge in [-0.2, -0.15) is 8.78 Å². The van der Waals surface area contributed by atoms with Crippen LogP contribution in [0.15, 0.2) is 23.0 Å². The second-order valence-corrected chi connectivity index (χ2v) is 1.76. The van der Waals surface area contributed by atoms with Crippen LogP contribution in [0.1, 0.15) is 13.8 Å². The number of halogens is 2. The number of ether oxygens (including phenoxy) is 1. The first-order valence-corrected chi connectivity index (χ1v) is 3.82. The highest BCUT2D eigenvalue weighted by molar-refractivity contribution is 5.09. The van der Waals surface area contributed by atoms with E-state index < -0.39 is 12.2 Å². The Bertz CT molecular complexity index is 285. The van der Waals surface area contributed by atoms with Gasteiger partial charge in [0.1, 0.15) is 0 Å². The second kappa shape index (κ2) is 6.16. The van der Waals surface area contributed by atoms with Gasteiger partial charge < -0.3 is 4.74 Å². The van der Waals surface area contributed by atoms with E-state index >= 15 is 0 Å². The molecule has 0 radical (unpaired) electrons. The molecule has 74 valence electrons. The monoisotopic (exact) mass is 191 g/mol. The molecule has 0 aliphatic carbocycles. The molecule has 5 heteroatoms. The average Bonchev–Trinajstić information content (AvgIpc) is 2.06. The van der Waals surface area contributed by atoms with Crippen LogP contribution < -0.4 is 10.3 Å². The molecule has 1 aromatic heterocycles. The Morgan fingerprint density at radius 2 is 2.00 bits per heavy atom. The molecule has 0 bridgehead atoms. The fourth-order valence-electron chi connectivity index (χ4n) is 0.592. The van der Waals surface area contributed by atoms with Crippen LogP contribution in [0.2, 0.25) is 0 Å². The number of nitrogens with one attached hydrogen (secondary N) is 1. The van der Waals surface area contributed by atoms with Crippen molar-refractivity contribution in [2.45, 2.75) is 20.5 Å². The molecule has 0 atom stereocenters. The number of aromatic amines is 1. The van der Waals surface area contributed by atoms with Gasteiger partial charge in [-0.3, -0.25) is 9.78 Å². The minimum absolute atomic E-state index is 0.229. The number of H-pyrrole nitrogens is 1. The zero-order chi connectivity index (χ0) is 10.3. The molecule has 0 aliphatic heterocycles. The molecule has 3 nitrogen and oxygen atoms in total. The maximum Gasteiger partial charge on any atom is 0.388 e. The first-order chi connectivity index (χ1) is 6.18. The molecule has 0 amide bonds. The van der Waals surface area contributed by atoms with Crippen LogP contribution >= 0.6 is 0 Å². The lowest BCUT2D eigenvalue weighted by atomic mass is 10.5. The summed E-state index contributed by atoms with van der Waals surface area (Å²) in [7, 11) is 0. The molecule has 0 saturated carbocycles. The van der Waals surface area contributed by atoms with Crippen molar-refractivity contribution in [3.8, 4) is 5.88 Å². The van der Waals surface area contributed by atoms with Crippen molar-refractivity contribution in [3.63, 3.8) is 0 Å². The van der Waals surface area contributed by atoms with Gasteiger partial charge in [-0.25, -0.2) is 0 Å². The van der Waals surface area contributed by atoms with Crippen LogP contribution in [0.3, 0.4) is 0 Å². The Morgan fingerprint density at radius 1 is 1.38 bits per heavy atom. The van der Waals surface area contributed by atoms with Crippen LogP contribution in [0.5, 0.6) is 5.88 Å². The van der Waals surface area contributed by atoms with Gasteiger partial charge in [-0.1, -0.05) is 19.9 Å². The molecular formula is C8H11F2NO2. The van der Waals surface area contributed by atoms with E-state index in [0.717, 1.165) is 0 Å². The van der Waals surface area contributed by atoms with Gasteiger partial charge >= 0.3 is 6.61 Å². The van der Waals surface area contributed by atoms with Gasteiger partial charge in [0.2, 0.25) is 0 Å². The van der Waals surface area contributed by atoms with Crippen LogP contribution in [0, 0.1) is 0 Å². The van der Waals surface area contributed by atoms with Crippen molar-refractivity contribution in [2.75, 3.05) is 0 Å². The summed E-state index contributed by atoms with van der Waals surface area (Å²) in [6, 6.07) is 3.78. The van der Waals surface area contributed by atoms with Crippen LogP contribution in [0.25, 0.3) is 0 Å². The molecular weight excluding hydrogens is 180 g/mol. The fourth-order valence-corrected chi connectivity index (χ4v) is 0.592. The molecule has 1 N–H and O–H groups in total. The Balaban J connectivity index is 0.000000671. The van der Waals surface area contributed by atoms with Crippen molar-refractivity contribution in [1.82, 2.24) is 4.98 Å². The highest BCUT2D eigenvalue weighted by Crippen LogP contribution is 2.05.